The van der Waals surface area contributed by atoms with Gasteiger partial charge >= 0.3 is 5.69 Å². The molecule has 2 aromatic rings. The van der Waals surface area contributed by atoms with Gasteiger partial charge in [-0.15, -0.1) is 0 Å². The Hall–Kier alpha value is -1.97. The average Bonchev–Trinajstić information content (AvgIpc) is 2.79. The zero-order chi connectivity index (χ0) is 13.4. The van der Waals surface area contributed by atoms with E-state index >= 15 is 0 Å². The first-order valence-electron chi connectivity index (χ1n) is 5.20. The Morgan fingerprint density at radius 3 is 2.67 bits per heavy atom. The molecule has 0 spiro atoms. The number of nitrogens with one attached hydrogen (secondary N) is 2. The molecule has 2 heterocycles. The van der Waals surface area contributed by atoms with Gasteiger partial charge in [0.05, 0.1) is 6.10 Å². The summed E-state index contributed by atoms with van der Waals surface area (Å²) in [7, 11) is 1.43. The van der Waals surface area contributed by atoms with Crippen LogP contribution < -0.4 is 17.0 Å². The van der Waals surface area contributed by atoms with Crippen LogP contribution in [0.5, 0.6) is 0 Å². The summed E-state index contributed by atoms with van der Waals surface area (Å²) in [6.07, 6.45) is -2.56. The lowest BCUT2D eigenvalue weighted by molar-refractivity contribution is 0.0195. The number of imidazole rings is 1. The van der Waals surface area contributed by atoms with Crippen LogP contribution in [0.15, 0.2) is 9.59 Å². The van der Waals surface area contributed by atoms with E-state index in [0.717, 1.165) is 4.57 Å². The van der Waals surface area contributed by atoms with E-state index < -0.39 is 23.5 Å². The molecule has 2 aromatic heterocycles. The zero-order valence-electron chi connectivity index (χ0n) is 9.54. The molecule has 9 heteroatoms. The number of aromatic nitrogens is 4. The maximum atomic E-state index is 11.5. The lowest BCUT2D eigenvalue weighted by Gasteiger charge is -2.12. The topological polar surface area (TPSA) is 150 Å². The summed E-state index contributed by atoms with van der Waals surface area (Å²) in [5.41, 5.74) is 4.11. The largest absolute Gasteiger partial charge is 0.389 e. The Labute approximate surface area is 99.9 Å². The first-order valence-corrected chi connectivity index (χ1v) is 5.20. The first kappa shape index (κ1) is 12.5. The van der Waals surface area contributed by atoms with E-state index in [1.807, 2.05) is 0 Å². The Kier molecular flexibility index (Phi) is 3.03. The van der Waals surface area contributed by atoms with Gasteiger partial charge in [-0.1, -0.05) is 0 Å². The predicted molar refractivity (Wildman–Crippen MR) is 62.0 cm³/mol. The van der Waals surface area contributed by atoms with Crippen molar-refractivity contribution in [3.63, 3.8) is 0 Å². The van der Waals surface area contributed by atoms with Crippen LogP contribution in [0.2, 0.25) is 0 Å². The molecule has 0 aliphatic carbocycles. The van der Waals surface area contributed by atoms with E-state index in [-0.39, 0.29) is 23.5 Å². The third-order valence-electron chi connectivity index (χ3n) is 2.66. The highest BCUT2D eigenvalue weighted by Crippen LogP contribution is 2.15. The van der Waals surface area contributed by atoms with Crippen molar-refractivity contribution in [3.8, 4) is 0 Å². The molecule has 0 bridgehead atoms. The van der Waals surface area contributed by atoms with E-state index in [2.05, 4.69) is 15.0 Å². The first-order chi connectivity index (χ1) is 8.45. The molecule has 0 fully saturated rings. The van der Waals surface area contributed by atoms with Crippen molar-refractivity contribution in [2.45, 2.75) is 12.2 Å². The fourth-order valence-electron chi connectivity index (χ4n) is 1.57. The quantitative estimate of drug-likeness (QED) is 0.403. The number of nitrogens with zero attached hydrogens (tertiary/aromatic N) is 2. The van der Waals surface area contributed by atoms with E-state index in [0.29, 0.717) is 0 Å². The van der Waals surface area contributed by atoms with Crippen molar-refractivity contribution in [1.82, 2.24) is 19.5 Å². The Bertz CT molecular complexity index is 684. The van der Waals surface area contributed by atoms with Gasteiger partial charge in [-0.05, 0) is 0 Å². The highest BCUT2D eigenvalue weighted by molar-refractivity contribution is 5.69. The summed E-state index contributed by atoms with van der Waals surface area (Å²) in [6.45, 7) is -0.159. The summed E-state index contributed by atoms with van der Waals surface area (Å²) in [6, 6.07) is 0. The van der Waals surface area contributed by atoms with Crippen LogP contribution in [-0.2, 0) is 7.05 Å². The van der Waals surface area contributed by atoms with Gasteiger partial charge in [0.2, 0.25) is 0 Å². The van der Waals surface area contributed by atoms with Crippen LogP contribution in [-0.4, -0.2) is 42.4 Å². The number of aromatic amines is 2. The number of nitrogens with two attached hydrogens (primary N) is 1. The maximum Gasteiger partial charge on any atom is 0.329 e. The molecule has 2 atom stereocenters. The monoisotopic (exact) mass is 255 g/mol. The third kappa shape index (κ3) is 1.83. The van der Waals surface area contributed by atoms with Crippen LogP contribution in [0, 0.1) is 0 Å². The van der Waals surface area contributed by atoms with Crippen molar-refractivity contribution in [1.29, 1.82) is 0 Å². The minimum absolute atomic E-state index is 0.0188. The predicted octanol–water partition coefficient (Wildman–Crippen LogP) is -2.70. The van der Waals surface area contributed by atoms with Gasteiger partial charge in [0.25, 0.3) is 5.56 Å². The minimum Gasteiger partial charge on any atom is -0.389 e. The van der Waals surface area contributed by atoms with Crippen molar-refractivity contribution < 1.29 is 10.2 Å². The van der Waals surface area contributed by atoms with Crippen LogP contribution in [0.1, 0.15) is 11.9 Å². The number of H-pyrrole nitrogens is 2. The molecule has 0 saturated heterocycles. The number of aliphatic hydroxyl groups excluding tert-OH is 2. The van der Waals surface area contributed by atoms with E-state index in [9.17, 15) is 19.8 Å². The van der Waals surface area contributed by atoms with Gasteiger partial charge < -0.3 is 20.9 Å². The third-order valence-corrected chi connectivity index (χ3v) is 2.66. The molecule has 18 heavy (non-hydrogen) atoms. The molecule has 0 amide bonds. The SMILES string of the molecule is Cn1c(=O)[nH]c(=O)c2[nH]c(C(O)C(O)CN)nc21. The molecular formula is C9H13N5O4. The summed E-state index contributed by atoms with van der Waals surface area (Å²) < 4.78 is 1.12. The maximum absolute atomic E-state index is 11.5. The molecule has 0 radical (unpaired) electrons. The van der Waals surface area contributed by atoms with E-state index in [1.54, 1.807) is 0 Å². The van der Waals surface area contributed by atoms with E-state index in [1.165, 1.54) is 7.05 Å². The summed E-state index contributed by atoms with van der Waals surface area (Å²) in [5, 5.41) is 19.1. The van der Waals surface area contributed by atoms with Crippen LogP contribution in [0.4, 0.5) is 0 Å². The van der Waals surface area contributed by atoms with Crippen molar-refractivity contribution in [2.24, 2.45) is 12.8 Å². The molecule has 0 aromatic carbocycles. The zero-order valence-corrected chi connectivity index (χ0v) is 9.54. The molecule has 0 saturated carbocycles. The Morgan fingerprint density at radius 2 is 2.06 bits per heavy atom. The number of fused-ring (bicyclic) bond motifs is 1. The van der Waals surface area contributed by atoms with Gasteiger partial charge in [0, 0.05) is 13.6 Å². The highest BCUT2D eigenvalue weighted by Gasteiger charge is 2.22. The summed E-state index contributed by atoms with van der Waals surface area (Å²) in [5.74, 6) is -0.0188. The molecule has 0 aliphatic heterocycles. The molecule has 0 aliphatic rings. The summed E-state index contributed by atoms with van der Waals surface area (Å²) in [4.78, 5) is 31.4. The number of rotatable bonds is 3. The number of aryl methyl sites for hydroxylation is 1. The lowest BCUT2D eigenvalue weighted by Crippen LogP contribution is -2.28. The van der Waals surface area contributed by atoms with Crippen LogP contribution in [0.3, 0.4) is 0 Å². The van der Waals surface area contributed by atoms with Crippen molar-refractivity contribution in [3.05, 3.63) is 26.7 Å². The van der Waals surface area contributed by atoms with Gasteiger partial charge in [-0.3, -0.25) is 14.3 Å². The van der Waals surface area contributed by atoms with Gasteiger partial charge in [-0.25, -0.2) is 9.78 Å². The second-order valence-electron chi connectivity index (χ2n) is 3.89. The van der Waals surface area contributed by atoms with Gasteiger partial charge in [0.1, 0.15) is 17.4 Å². The average molecular weight is 255 g/mol. The van der Waals surface area contributed by atoms with Crippen molar-refractivity contribution in [2.75, 3.05) is 6.54 Å². The number of aliphatic hydroxyl groups is 2. The molecule has 9 nitrogen and oxygen atoms in total. The lowest BCUT2D eigenvalue weighted by atomic mass is 10.2. The highest BCUT2D eigenvalue weighted by atomic mass is 16.3. The van der Waals surface area contributed by atoms with Gasteiger partial charge in [0.15, 0.2) is 5.65 Å². The van der Waals surface area contributed by atoms with Crippen molar-refractivity contribution >= 4 is 11.2 Å². The van der Waals surface area contributed by atoms with Crippen LogP contribution in [0.25, 0.3) is 11.2 Å². The second kappa shape index (κ2) is 4.37. The smallest absolute Gasteiger partial charge is 0.329 e. The standard InChI is InChI=1S/C9H13N5O4/c1-14-7-4(8(17)13-9(14)18)11-6(12-7)5(16)3(15)2-10/h3,5,15-16H,2,10H2,1H3,(H,11,12)(H,13,17,18). The molecule has 98 valence electrons. The Balaban J connectivity index is 2.64. The fraction of sp³-hybridized carbons (Fsp3) is 0.444. The normalized spacial score (nSPS) is 14.9. The molecule has 2 unspecified atom stereocenters. The van der Waals surface area contributed by atoms with Crippen LogP contribution >= 0.6 is 0 Å². The Morgan fingerprint density at radius 1 is 1.39 bits per heavy atom. The fourth-order valence-corrected chi connectivity index (χ4v) is 1.57. The number of hydrogen-bond donors (Lipinski definition) is 5. The minimum atomic E-state index is -1.35. The van der Waals surface area contributed by atoms with Gasteiger partial charge in [-0.2, -0.15) is 0 Å². The molecule has 6 N–H and O–H groups in total. The molecule has 2 rings (SSSR count). The summed E-state index contributed by atoms with van der Waals surface area (Å²) >= 11 is 0. The second-order valence-corrected chi connectivity index (χ2v) is 3.89. The van der Waals surface area contributed by atoms with E-state index in [4.69, 9.17) is 5.73 Å². The number of hydrogen-bond acceptors (Lipinski definition) is 6. The molecular weight excluding hydrogens is 242 g/mol.